The van der Waals surface area contributed by atoms with Gasteiger partial charge in [0.15, 0.2) is 0 Å². The van der Waals surface area contributed by atoms with Crippen molar-refractivity contribution in [2.75, 3.05) is 6.61 Å². The molecule has 0 unspecified atom stereocenters. The van der Waals surface area contributed by atoms with Crippen molar-refractivity contribution in [3.8, 4) is 11.5 Å². The molecule has 0 aliphatic heterocycles. The van der Waals surface area contributed by atoms with Crippen molar-refractivity contribution in [3.63, 3.8) is 0 Å². The van der Waals surface area contributed by atoms with Gasteiger partial charge in [0.25, 0.3) is 0 Å². The van der Waals surface area contributed by atoms with Gasteiger partial charge in [-0.15, -0.1) is 0 Å². The maximum Gasteiger partial charge on any atom is 0.145 e. The van der Waals surface area contributed by atoms with Gasteiger partial charge in [-0.3, -0.25) is 4.98 Å². The van der Waals surface area contributed by atoms with Gasteiger partial charge in [-0.2, -0.15) is 0 Å². The van der Waals surface area contributed by atoms with Gasteiger partial charge in [0.05, 0.1) is 6.61 Å². The monoisotopic (exact) mass is 189 g/mol. The second-order valence-corrected chi connectivity index (χ2v) is 2.92. The minimum absolute atomic E-state index is 0.233. The number of benzene rings is 1. The molecule has 0 radical (unpaired) electrons. The average Bonchev–Trinajstić information content (AvgIpc) is 2.23. The summed E-state index contributed by atoms with van der Waals surface area (Å²) in [6, 6.07) is 6.96. The molecule has 0 spiro atoms. The van der Waals surface area contributed by atoms with Crippen LogP contribution in [0.25, 0.3) is 10.9 Å². The predicted octanol–water partition coefficient (Wildman–Crippen LogP) is 2.34. The minimum atomic E-state index is 0.233. The number of rotatable bonds is 2. The summed E-state index contributed by atoms with van der Waals surface area (Å²) >= 11 is 0. The lowest BCUT2D eigenvalue weighted by Crippen LogP contribution is -1.93. The first kappa shape index (κ1) is 8.81. The van der Waals surface area contributed by atoms with Gasteiger partial charge in [0, 0.05) is 11.6 Å². The number of aromatic nitrogens is 1. The van der Waals surface area contributed by atoms with Gasteiger partial charge in [0.2, 0.25) is 0 Å². The molecule has 3 nitrogen and oxygen atoms in total. The van der Waals surface area contributed by atoms with E-state index in [4.69, 9.17) is 4.74 Å². The second-order valence-electron chi connectivity index (χ2n) is 2.92. The Bertz CT molecular complexity index is 454. The Labute approximate surface area is 82.0 Å². The van der Waals surface area contributed by atoms with E-state index in [2.05, 4.69) is 4.98 Å². The number of pyridine rings is 1. The molecule has 3 heteroatoms. The van der Waals surface area contributed by atoms with Gasteiger partial charge in [0.1, 0.15) is 17.0 Å². The number of fused-ring (bicyclic) bond motifs is 1. The number of hydrogen-bond donors (Lipinski definition) is 1. The fourth-order valence-corrected chi connectivity index (χ4v) is 1.40. The molecule has 0 amide bonds. The largest absolute Gasteiger partial charge is 0.507 e. The van der Waals surface area contributed by atoms with Crippen LogP contribution in [0.5, 0.6) is 11.5 Å². The van der Waals surface area contributed by atoms with Crippen molar-refractivity contribution in [3.05, 3.63) is 30.5 Å². The van der Waals surface area contributed by atoms with Crippen LogP contribution in [0.1, 0.15) is 6.92 Å². The predicted molar refractivity (Wildman–Crippen MR) is 54.6 cm³/mol. The highest BCUT2D eigenvalue weighted by atomic mass is 16.5. The third-order valence-corrected chi connectivity index (χ3v) is 2.01. The summed E-state index contributed by atoms with van der Waals surface area (Å²) in [5.74, 6) is 0.942. The molecule has 1 N–H and O–H groups in total. The molecule has 0 saturated carbocycles. The fraction of sp³-hybridized carbons (Fsp3) is 0.182. The van der Waals surface area contributed by atoms with Gasteiger partial charge >= 0.3 is 0 Å². The van der Waals surface area contributed by atoms with Gasteiger partial charge < -0.3 is 9.84 Å². The number of ether oxygens (including phenoxy) is 1. The normalized spacial score (nSPS) is 10.4. The molecule has 14 heavy (non-hydrogen) atoms. The Hall–Kier alpha value is -1.77. The molecule has 0 saturated heterocycles. The first-order valence-electron chi connectivity index (χ1n) is 4.52. The Morgan fingerprint density at radius 3 is 3.00 bits per heavy atom. The van der Waals surface area contributed by atoms with Crippen molar-refractivity contribution < 1.29 is 9.84 Å². The van der Waals surface area contributed by atoms with Crippen LogP contribution in [-0.4, -0.2) is 16.7 Å². The van der Waals surface area contributed by atoms with Crippen LogP contribution in [0.15, 0.2) is 30.5 Å². The molecule has 2 aromatic rings. The molecule has 72 valence electrons. The molecular weight excluding hydrogens is 178 g/mol. The van der Waals surface area contributed by atoms with E-state index < -0.39 is 0 Å². The lowest BCUT2D eigenvalue weighted by Gasteiger charge is -2.06. The number of phenols is 1. The highest BCUT2D eigenvalue weighted by Gasteiger charge is 2.05. The molecule has 2 rings (SSSR count). The quantitative estimate of drug-likeness (QED) is 0.788. The van der Waals surface area contributed by atoms with Crippen molar-refractivity contribution in [1.29, 1.82) is 0 Å². The first-order valence-corrected chi connectivity index (χ1v) is 4.52. The van der Waals surface area contributed by atoms with E-state index in [-0.39, 0.29) is 5.75 Å². The number of aromatic hydroxyl groups is 1. The summed E-state index contributed by atoms with van der Waals surface area (Å²) in [6.45, 7) is 2.51. The lowest BCUT2D eigenvalue weighted by molar-refractivity contribution is 0.343. The summed E-state index contributed by atoms with van der Waals surface area (Å²) in [5, 5.41) is 10.3. The van der Waals surface area contributed by atoms with Crippen LogP contribution < -0.4 is 4.74 Å². The SMILES string of the molecule is CCOc1ccc(O)c2cccnc12. The zero-order chi connectivity index (χ0) is 9.97. The summed E-state index contributed by atoms with van der Waals surface area (Å²) in [6.07, 6.45) is 1.68. The second kappa shape index (κ2) is 3.54. The van der Waals surface area contributed by atoms with E-state index in [0.717, 1.165) is 5.39 Å². The molecule has 0 aliphatic rings. The van der Waals surface area contributed by atoms with Gasteiger partial charge in [-0.25, -0.2) is 0 Å². The summed E-state index contributed by atoms with van der Waals surface area (Å²) < 4.78 is 5.40. The standard InChI is InChI=1S/C11H11NO2/c1-2-14-10-6-5-9(13)8-4-3-7-12-11(8)10/h3-7,13H,2H2,1H3. The van der Waals surface area contributed by atoms with Crippen LogP contribution >= 0.6 is 0 Å². The first-order chi connectivity index (χ1) is 6.83. The number of phenolic OH excluding ortho intramolecular Hbond substituents is 1. The smallest absolute Gasteiger partial charge is 0.145 e. The molecule has 1 heterocycles. The summed E-state index contributed by atoms with van der Waals surface area (Å²) in [7, 11) is 0. The maximum atomic E-state index is 9.57. The van der Waals surface area contributed by atoms with E-state index in [0.29, 0.717) is 17.9 Å². The molecule has 0 atom stereocenters. The Morgan fingerprint density at radius 2 is 2.21 bits per heavy atom. The third kappa shape index (κ3) is 1.37. The Balaban J connectivity index is 2.68. The van der Waals surface area contributed by atoms with Crippen molar-refractivity contribution >= 4 is 10.9 Å². The number of nitrogens with zero attached hydrogens (tertiary/aromatic N) is 1. The molecule has 1 aromatic carbocycles. The molecule has 0 bridgehead atoms. The topological polar surface area (TPSA) is 42.4 Å². The third-order valence-electron chi connectivity index (χ3n) is 2.01. The molecule has 0 aliphatic carbocycles. The van der Waals surface area contributed by atoms with Crippen molar-refractivity contribution in [1.82, 2.24) is 4.98 Å². The van der Waals surface area contributed by atoms with E-state index in [9.17, 15) is 5.11 Å². The van der Waals surface area contributed by atoms with Crippen LogP contribution in [-0.2, 0) is 0 Å². The van der Waals surface area contributed by atoms with Gasteiger partial charge in [-0.1, -0.05) is 0 Å². The highest BCUT2D eigenvalue weighted by molar-refractivity contribution is 5.89. The van der Waals surface area contributed by atoms with Crippen molar-refractivity contribution in [2.24, 2.45) is 0 Å². The maximum absolute atomic E-state index is 9.57. The van der Waals surface area contributed by atoms with E-state index in [1.54, 1.807) is 24.4 Å². The Morgan fingerprint density at radius 1 is 1.36 bits per heavy atom. The van der Waals surface area contributed by atoms with Crippen LogP contribution in [0, 0.1) is 0 Å². The summed E-state index contributed by atoms with van der Waals surface area (Å²) in [5.41, 5.74) is 0.703. The zero-order valence-electron chi connectivity index (χ0n) is 7.90. The molecular formula is C11H11NO2. The average molecular weight is 189 g/mol. The van der Waals surface area contributed by atoms with Crippen LogP contribution in [0.2, 0.25) is 0 Å². The van der Waals surface area contributed by atoms with Crippen molar-refractivity contribution in [2.45, 2.75) is 6.92 Å². The minimum Gasteiger partial charge on any atom is -0.507 e. The lowest BCUT2D eigenvalue weighted by atomic mass is 10.2. The Kier molecular flexibility index (Phi) is 2.23. The van der Waals surface area contributed by atoms with Crippen LogP contribution in [0.3, 0.4) is 0 Å². The molecule has 1 aromatic heterocycles. The summed E-state index contributed by atoms with van der Waals surface area (Å²) in [4.78, 5) is 4.18. The van der Waals surface area contributed by atoms with E-state index in [1.165, 1.54) is 0 Å². The van der Waals surface area contributed by atoms with E-state index in [1.807, 2.05) is 13.0 Å². The van der Waals surface area contributed by atoms with Gasteiger partial charge in [-0.05, 0) is 31.2 Å². The zero-order valence-corrected chi connectivity index (χ0v) is 7.90. The van der Waals surface area contributed by atoms with E-state index >= 15 is 0 Å². The van der Waals surface area contributed by atoms with Crippen LogP contribution in [0.4, 0.5) is 0 Å². The highest BCUT2D eigenvalue weighted by Crippen LogP contribution is 2.30. The number of hydrogen-bond acceptors (Lipinski definition) is 3. The molecule has 0 fully saturated rings. The fourth-order valence-electron chi connectivity index (χ4n) is 1.40.